The van der Waals surface area contributed by atoms with Gasteiger partial charge in [-0.05, 0) is 30.0 Å². The molecule has 3 heteroatoms. The van der Waals surface area contributed by atoms with Gasteiger partial charge in [-0.25, -0.2) is 0 Å². The molecule has 0 fully saturated rings. The number of nitrogens with two attached hydrogens (primary N) is 1. The number of rotatable bonds is 0. The van der Waals surface area contributed by atoms with Crippen molar-refractivity contribution in [2.24, 2.45) is 5.73 Å². The van der Waals surface area contributed by atoms with Crippen molar-refractivity contribution in [2.45, 2.75) is 0 Å². The van der Waals surface area contributed by atoms with Crippen molar-refractivity contribution in [3.63, 3.8) is 0 Å². The van der Waals surface area contributed by atoms with E-state index in [0.717, 1.165) is 5.60 Å². The summed E-state index contributed by atoms with van der Waals surface area (Å²) in [6, 6.07) is 8.34. The van der Waals surface area contributed by atoms with E-state index in [1.165, 1.54) is 11.3 Å². The van der Waals surface area contributed by atoms with Crippen LogP contribution in [0.15, 0.2) is 54.2 Å². The second kappa shape index (κ2) is 3.06. The van der Waals surface area contributed by atoms with E-state index in [2.05, 4.69) is 47.3 Å². The molecule has 0 atom stereocenters. The molecule has 2 aliphatic heterocycles. The first-order chi connectivity index (χ1) is 7.36. The highest BCUT2D eigenvalue weighted by Crippen LogP contribution is 2.30. The molecule has 2 aliphatic rings. The van der Waals surface area contributed by atoms with Gasteiger partial charge in [-0.2, -0.15) is 0 Å². The van der Waals surface area contributed by atoms with E-state index in [4.69, 9.17) is 5.73 Å². The molecular weight excluding hydrogens is 183 g/mol. The third-order valence-electron chi connectivity index (χ3n) is 2.85. The van der Waals surface area contributed by atoms with Crippen LogP contribution >= 0.6 is 0 Å². The third kappa shape index (κ3) is 1.20. The largest absolute Gasteiger partial charge is 0.407 e. The van der Waals surface area contributed by atoms with Crippen LogP contribution in [-0.2, 0) is 0 Å². The van der Waals surface area contributed by atoms with Crippen molar-refractivity contribution in [3.05, 3.63) is 59.8 Å². The highest BCUT2D eigenvalue weighted by atomic mass is 15.1. The topological polar surface area (TPSA) is 29.3 Å². The number of benzene rings is 1. The number of nitrogens with zero attached hydrogens (tertiary/aromatic N) is 1. The van der Waals surface area contributed by atoms with Crippen molar-refractivity contribution in [1.29, 1.82) is 0 Å². The average molecular weight is 194 g/mol. The van der Waals surface area contributed by atoms with Crippen LogP contribution in [-0.4, -0.2) is 6.85 Å². The highest BCUT2D eigenvalue weighted by molar-refractivity contribution is 6.77. The molecule has 1 aromatic rings. The van der Waals surface area contributed by atoms with Gasteiger partial charge >= 0.3 is 6.85 Å². The number of para-hydroxylation sites is 1. The number of hydrogen-bond donors (Lipinski definition) is 1. The van der Waals surface area contributed by atoms with E-state index in [1.807, 2.05) is 12.2 Å². The zero-order valence-corrected chi connectivity index (χ0v) is 8.30. The third-order valence-corrected chi connectivity index (χ3v) is 2.85. The lowest BCUT2D eigenvalue weighted by Gasteiger charge is -2.32. The normalized spacial score (nSPS) is 17.2. The van der Waals surface area contributed by atoms with Crippen LogP contribution in [0.2, 0.25) is 0 Å². The van der Waals surface area contributed by atoms with Crippen LogP contribution in [0.3, 0.4) is 0 Å². The van der Waals surface area contributed by atoms with Crippen LogP contribution in [0.4, 0.5) is 5.69 Å². The first-order valence-electron chi connectivity index (χ1n) is 5.06. The monoisotopic (exact) mass is 194 g/mol. The maximum Gasteiger partial charge on any atom is 0.336 e. The van der Waals surface area contributed by atoms with Gasteiger partial charge in [-0.1, -0.05) is 30.3 Å². The zero-order valence-electron chi connectivity index (χ0n) is 8.30. The lowest BCUT2D eigenvalue weighted by atomic mass is 9.54. The Balaban J connectivity index is 2.15. The van der Waals surface area contributed by atoms with E-state index in [9.17, 15) is 0 Å². The Bertz CT molecular complexity index is 488. The highest BCUT2D eigenvalue weighted by Gasteiger charge is 2.28. The summed E-state index contributed by atoms with van der Waals surface area (Å²) in [7, 11) is 0. The molecule has 2 heterocycles. The molecule has 0 aromatic heterocycles. The molecular formula is C12H11BN2. The minimum absolute atomic E-state index is 0.185. The van der Waals surface area contributed by atoms with Gasteiger partial charge in [0.25, 0.3) is 0 Å². The SMILES string of the molecule is NC1=CC=CN2B1C=Cc1ccccc12. The molecule has 1 aromatic carbocycles. The molecule has 3 rings (SSSR count). The van der Waals surface area contributed by atoms with Crippen molar-refractivity contribution < 1.29 is 0 Å². The van der Waals surface area contributed by atoms with Crippen LogP contribution in [0.1, 0.15) is 5.56 Å². The summed E-state index contributed by atoms with van der Waals surface area (Å²) in [6.45, 7) is 0.185. The van der Waals surface area contributed by atoms with Crippen LogP contribution in [0, 0.1) is 0 Å². The maximum absolute atomic E-state index is 5.96. The summed E-state index contributed by atoms with van der Waals surface area (Å²) < 4.78 is 0. The fourth-order valence-electron chi connectivity index (χ4n) is 2.09. The quantitative estimate of drug-likeness (QED) is 0.639. The van der Waals surface area contributed by atoms with Crippen molar-refractivity contribution in [2.75, 3.05) is 4.81 Å². The number of allylic oxidation sites excluding steroid dienone is 2. The Labute approximate surface area is 89.5 Å². The second-order valence-electron chi connectivity index (χ2n) is 3.78. The molecule has 15 heavy (non-hydrogen) atoms. The van der Waals surface area contributed by atoms with E-state index >= 15 is 0 Å². The molecule has 0 unspecified atom stereocenters. The minimum Gasteiger partial charge on any atom is -0.407 e. The van der Waals surface area contributed by atoms with Crippen molar-refractivity contribution >= 4 is 18.6 Å². The van der Waals surface area contributed by atoms with Crippen molar-refractivity contribution in [1.82, 2.24) is 0 Å². The van der Waals surface area contributed by atoms with Crippen LogP contribution in [0.25, 0.3) is 6.08 Å². The molecule has 0 radical (unpaired) electrons. The number of hydrogen-bond acceptors (Lipinski definition) is 2. The Hall–Kier alpha value is -1.90. The maximum atomic E-state index is 5.96. The summed E-state index contributed by atoms with van der Waals surface area (Å²) in [4.78, 5) is 2.20. The van der Waals surface area contributed by atoms with E-state index in [1.54, 1.807) is 0 Å². The molecule has 0 bridgehead atoms. The predicted molar refractivity (Wildman–Crippen MR) is 65.1 cm³/mol. The molecule has 0 aliphatic carbocycles. The van der Waals surface area contributed by atoms with Gasteiger partial charge in [0.1, 0.15) is 0 Å². The first-order valence-corrected chi connectivity index (χ1v) is 5.06. The summed E-state index contributed by atoms with van der Waals surface area (Å²) in [5.41, 5.74) is 9.32. The Morgan fingerprint density at radius 2 is 2.07 bits per heavy atom. The smallest absolute Gasteiger partial charge is 0.336 e. The Morgan fingerprint density at radius 1 is 1.20 bits per heavy atom. The second-order valence-corrected chi connectivity index (χ2v) is 3.78. The average Bonchev–Trinajstić information content (AvgIpc) is 2.29. The van der Waals surface area contributed by atoms with Gasteiger partial charge in [0, 0.05) is 11.3 Å². The van der Waals surface area contributed by atoms with E-state index < -0.39 is 0 Å². The Morgan fingerprint density at radius 3 is 3.00 bits per heavy atom. The Kier molecular flexibility index (Phi) is 1.71. The number of fused-ring (bicyclic) bond motifs is 3. The molecule has 0 spiro atoms. The molecule has 2 nitrogen and oxygen atoms in total. The fraction of sp³-hybridized carbons (Fsp3) is 0. The standard InChI is InChI=1S/C12H11BN2/c14-12-6-3-9-15-11-5-2-1-4-10(11)7-8-13(12)15/h1-9H,14H2. The van der Waals surface area contributed by atoms with Gasteiger partial charge < -0.3 is 10.5 Å². The minimum atomic E-state index is 0.185. The van der Waals surface area contributed by atoms with Gasteiger partial charge in [-0.15, -0.1) is 0 Å². The van der Waals surface area contributed by atoms with Crippen LogP contribution < -0.4 is 10.5 Å². The van der Waals surface area contributed by atoms with Gasteiger partial charge in [0.05, 0.1) is 0 Å². The van der Waals surface area contributed by atoms with Gasteiger partial charge in [-0.3, -0.25) is 0 Å². The summed E-state index contributed by atoms with van der Waals surface area (Å²) in [5.74, 6) is 2.14. The number of anilines is 1. The zero-order chi connectivity index (χ0) is 10.3. The summed E-state index contributed by atoms with van der Waals surface area (Å²) >= 11 is 0. The molecule has 72 valence electrons. The lowest BCUT2D eigenvalue weighted by Crippen LogP contribution is -2.42. The summed E-state index contributed by atoms with van der Waals surface area (Å²) in [5, 5.41) is 0. The van der Waals surface area contributed by atoms with Gasteiger partial charge in [0.15, 0.2) is 0 Å². The lowest BCUT2D eigenvalue weighted by molar-refractivity contribution is 1.31. The van der Waals surface area contributed by atoms with Crippen LogP contribution in [0.5, 0.6) is 0 Å². The molecule has 0 amide bonds. The summed E-state index contributed by atoms with van der Waals surface area (Å²) in [6.07, 6.45) is 8.15. The molecule has 0 saturated heterocycles. The molecule has 0 saturated carbocycles. The molecule has 2 N–H and O–H groups in total. The predicted octanol–water partition coefficient (Wildman–Crippen LogP) is 1.96. The van der Waals surface area contributed by atoms with Crippen molar-refractivity contribution in [3.8, 4) is 0 Å². The van der Waals surface area contributed by atoms with E-state index in [-0.39, 0.29) is 6.85 Å². The van der Waals surface area contributed by atoms with Gasteiger partial charge in [0.2, 0.25) is 0 Å². The fourth-order valence-corrected chi connectivity index (χ4v) is 2.09. The van der Waals surface area contributed by atoms with E-state index in [0.29, 0.717) is 0 Å². The first kappa shape index (κ1) is 8.42.